The van der Waals surface area contributed by atoms with Crippen LogP contribution in [0, 0.1) is 0 Å². The van der Waals surface area contributed by atoms with Crippen LogP contribution in [-0.2, 0) is 15.9 Å². The molecule has 26 heavy (non-hydrogen) atoms. The van der Waals surface area contributed by atoms with Gasteiger partial charge in [0.1, 0.15) is 5.75 Å². The molecule has 0 saturated heterocycles. The van der Waals surface area contributed by atoms with Crippen LogP contribution >= 0.6 is 0 Å². The summed E-state index contributed by atoms with van der Waals surface area (Å²) in [4.78, 5) is 4.22. The molecule has 0 amide bonds. The van der Waals surface area contributed by atoms with Crippen LogP contribution in [-0.4, -0.2) is 59.6 Å². The van der Waals surface area contributed by atoms with Crippen LogP contribution in [0.5, 0.6) is 5.75 Å². The lowest BCUT2D eigenvalue weighted by Crippen LogP contribution is -2.39. The Morgan fingerprint density at radius 1 is 1.00 bits per heavy atom. The Balaban J connectivity index is 2.03. The number of guanidine groups is 1. The van der Waals surface area contributed by atoms with E-state index in [0.29, 0.717) is 19.8 Å². The molecule has 0 atom stereocenters. The molecule has 2 N–H and O–H groups in total. The Labute approximate surface area is 158 Å². The topological polar surface area (TPSA) is 64.1 Å². The number of hydrogen-bond donors (Lipinski definition) is 2. The number of hydrogen-bond acceptors (Lipinski definition) is 4. The van der Waals surface area contributed by atoms with E-state index in [9.17, 15) is 0 Å². The minimum atomic E-state index is 0.637. The maximum atomic E-state index is 5.53. The molecule has 0 heterocycles. The van der Waals surface area contributed by atoms with Crippen LogP contribution in [0.1, 0.15) is 31.7 Å². The highest BCUT2D eigenvalue weighted by Crippen LogP contribution is 2.13. The second-order valence-corrected chi connectivity index (χ2v) is 5.96. The molecule has 148 valence electrons. The molecule has 0 aliphatic carbocycles. The molecule has 0 saturated carbocycles. The quantitative estimate of drug-likeness (QED) is 0.301. The van der Waals surface area contributed by atoms with Gasteiger partial charge in [0.15, 0.2) is 5.96 Å². The normalized spacial score (nSPS) is 11.4. The van der Waals surface area contributed by atoms with Gasteiger partial charge in [-0.3, -0.25) is 4.99 Å². The number of benzene rings is 1. The molecule has 0 bridgehead atoms. The van der Waals surface area contributed by atoms with Gasteiger partial charge in [-0.1, -0.05) is 25.5 Å². The monoisotopic (exact) mass is 365 g/mol. The highest BCUT2D eigenvalue weighted by atomic mass is 16.5. The third-order valence-corrected chi connectivity index (χ3v) is 3.85. The van der Waals surface area contributed by atoms with Gasteiger partial charge in [0.2, 0.25) is 0 Å². The summed E-state index contributed by atoms with van der Waals surface area (Å²) in [6, 6.07) is 8.19. The van der Waals surface area contributed by atoms with Crippen molar-refractivity contribution in [2.24, 2.45) is 4.99 Å². The van der Waals surface area contributed by atoms with Gasteiger partial charge in [0.05, 0.1) is 26.9 Å². The molecule has 6 nitrogen and oxygen atoms in total. The van der Waals surface area contributed by atoms with Crippen molar-refractivity contribution in [2.45, 2.75) is 32.6 Å². The number of methoxy groups -OCH3 is 1. The van der Waals surface area contributed by atoms with Gasteiger partial charge in [0, 0.05) is 26.7 Å². The fourth-order valence-electron chi connectivity index (χ4n) is 2.36. The second-order valence-electron chi connectivity index (χ2n) is 5.96. The Morgan fingerprint density at radius 2 is 1.77 bits per heavy atom. The molecule has 0 aromatic heterocycles. The van der Waals surface area contributed by atoms with Crippen LogP contribution < -0.4 is 15.4 Å². The van der Waals surface area contributed by atoms with Crippen LogP contribution in [0.15, 0.2) is 29.3 Å². The van der Waals surface area contributed by atoms with Gasteiger partial charge in [-0.15, -0.1) is 0 Å². The van der Waals surface area contributed by atoms with Crippen LogP contribution in [0.2, 0.25) is 0 Å². The fourth-order valence-corrected chi connectivity index (χ4v) is 2.36. The fraction of sp³-hybridized carbons (Fsp3) is 0.650. The van der Waals surface area contributed by atoms with E-state index in [1.807, 2.05) is 12.1 Å². The zero-order chi connectivity index (χ0) is 18.9. The van der Waals surface area contributed by atoms with Gasteiger partial charge < -0.3 is 24.8 Å². The predicted octanol–water partition coefficient (Wildman–Crippen LogP) is 2.63. The highest BCUT2D eigenvalue weighted by Gasteiger charge is 1.99. The van der Waals surface area contributed by atoms with E-state index in [0.717, 1.165) is 57.1 Å². The molecule has 1 aromatic rings. The maximum Gasteiger partial charge on any atom is 0.191 e. The summed E-state index contributed by atoms with van der Waals surface area (Å²) in [6.45, 7) is 6.51. The van der Waals surface area contributed by atoms with E-state index in [1.165, 1.54) is 5.56 Å². The SMILES string of the molecule is CCCCOCCOCCNC(=NC)NCCCc1cccc(OC)c1. The summed E-state index contributed by atoms with van der Waals surface area (Å²) >= 11 is 0. The zero-order valence-electron chi connectivity index (χ0n) is 16.6. The van der Waals surface area contributed by atoms with Gasteiger partial charge >= 0.3 is 0 Å². The summed E-state index contributed by atoms with van der Waals surface area (Å²) in [5, 5.41) is 6.57. The highest BCUT2D eigenvalue weighted by molar-refractivity contribution is 5.79. The van der Waals surface area contributed by atoms with Crippen molar-refractivity contribution in [2.75, 3.05) is 53.7 Å². The van der Waals surface area contributed by atoms with Crippen molar-refractivity contribution in [3.63, 3.8) is 0 Å². The van der Waals surface area contributed by atoms with E-state index in [-0.39, 0.29) is 0 Å². The molecule has 6 heteroatoms. The summed E-state index contributed by atoms with van der Waals surface area (Å²) in [5.41, 5.74) is 1.28. The number of rotatable bonds is 14. The average molecular weight is 366 g/mol. The minimum absolute atomic E-state index is 0.637. The first-order chi connectivity index (χ1) is 12.8. The van der Waals surface area contributed by atoms with Crippen LogP contribution in [0.3, 0.4) is 0 Å². The predicted molar refractivity (Wildman–Crippen MR) is 107 cm³/mol. The Morgan fingerprint density at radius 3 is 2.50 bits per heavy atom. The second kappa shape index (κ2) is 15.5. The standard InChI is InChI=1S/C20H35N3O3/c1-4-5-13-25-15-16-26-14-12-23-20(21-2)22-11-7-9-18-8-6-10-19(17-18)24-3/h6,8,10,17H,4-5,7,9,11-16H2,1-3H3,(H2,21,22,23). The molecule has 0 unspecified atom stereocenters. The number of nitrogens with zero attached hydrogens (tertiary/aromatic N) is 1. The Bertz CT molecular complexity index is 495. The third-order valence-electron chi connectivity index (χ3n) is 3.85. The van der Waals surface area contributed by atoms with Crippen LogP contribution in [0.25, 0.3) is 0 Å². The first-order valence-electron chi connectivity index (χ1n) is 9.53. The average Bonchev–Trinajstić information content (AvgIpc) is 2.68. The zero-order valence-corrected chi connectivity index (χ0v) is 16.6. The van der Waals surface area contributed by atoms with E-state index in [4.69, 9.17) is 14.2 Å². The van der Waals surface area contributed by atoms with E-state index in [2.05, 4.69) is 34.7 Å². The summed E-state index contributed by atoms with van der Waals surface area (Å²) in [7, 11) is 3.47. The molecule has 0 aliphatic heterocycles. The van der Waals surface area contributed by atoms with Gasteiger partial charge in [-0.05, 0) is 37.0 Å². The summed E-state index contributed by atoms with van der Waals surface area (Å²) < 4.78 is 16.2. The van der Waals surface area contributed by atoms with E-state index < -0.39 is 0 Å². The first-order valence-corrected chi connectivity index (χ1v) is 9.53. The third kappa shape index (κ3) is 10.9. The van der Waals surface area contributed by atoms with Crippen molar-refractivity contribution in [1.82, 2.24) is 10.6 Å². The largest absolute Gasteiger partial charge is 0.497 e. The molecule has 0 fully saturated rings. The maximum absolute atomic E-state index is 5.53. The molecule has 1 rings (SSSR count). The van der Waals surface area contributed by atoms with Crippen molar-refractivity contribution in [3.05, 3.63) is 29.8 Å². The van der Waals surface area contributed by atoms with Crippen molar-refractivity contribution in [1.29, 1.82) is 0 Å². The smallest absolute Gasteiger partial charge is 0.191 e. The number of aryl methyl sites for hydroxylation is 1. The number of unbranched alkanes of at least 4 members (excludes halogenated alkanes) is 1. The van der Waals surface area contributed by atoms with Gasteiger partial charge in [0.25, 0.3) is 0 Å². The lowest BCUT2D eigenvalue weighted by Gasteiger charge is -2.12. The van der Waals surface area contributed by atoms with Crippen molar-refractivity contribution >= 4 is 5.96 Å². The minimum Gasteiger partial charge on any atom is -0.497 e. The van der Waals surface area contributed by atoms with Gasteiger partial charge in [-0.25, -0.2) is 0 Å². The van der Waals surface area contributed by atoms with Crippen LogP contribution in [0.4, 0.5) is 0 Å². The molecular weight excluding hydrogens is 330 g/mol. The van der Waals surface area contributed by atoms with Gasteiger partial charge in [-0.2, -0.15) is 0 Å². The van der Waals surface area contributed by atoms with Crippen molar-refractivity contribution < 1.29 is 14.2 Å². The summed E-state index contributed by atoms with van der Waals surface area (Å²) in [6.07, 6.45) is 4.31. The lowest BCUT2D eigenvalue weighted by molar-refractivity contribution is 0.0487. The summed E-state index contributed by atoms with van der Waals surface area (Å²) in [5.74, 6) is 1.71. The van der Waals surface area contributed by atoms with E-state index >= 15 is 0 Å². The number of aliphatic imine (C=N–C) groups is 1. The number of ether oxygens (including phenoxy) is 3. The number of nitrogens with one attached hydrogen (secondary N) is 2. The Hall–Kier alpha value is -1.79. The first kappa shape index (κ1) is 22.3. The molecule has 0 radical (unpaired) electrons. The lowest BCUT2D eigenvalue weighted by atomic mass is 10.1. The Kier molecular flexibility index (Phi) is 13.2. The molecule has 0 aliphatic rings. The molecular formula is C20H35N3O3. The molecule has 0 spiro atoms. The van der Waals surface area contributed by atoms with Crippen molar-refractivity contribution in [3.8, 4) is 5.75 Å². The molecule has 1 aromatic carbocycles. The van der Waals surface area contributed by atoms with E-state index in [1.54, 1.807) is 14.2 Å².